The molecule has 0 saturated carbocycles. The number of hydrogen-bond acceptors (Lipinski definition) is 7. The van der Waals surface area contributed by atoms with E-state index in [0.717, 1.165) is 0 Å². The molecule has 10 nitrogen and oxygen atoms in total. The minimum Gasteiger partial charge on any atom is -0.477 e. The lowest BCUT2D eigenvalue weighted by Crippen LogP contribution is -2.62. The van der Waals surface area contributed by atoms with Crippen molar-refractivity contribution in [2.75, 3.05) is 6.54 Å². The van der Waals surface area contributed by atoms with Crippen LogP contribution in [0.4, 0.5) is 0 Å². The van der Waals surface area contributed by atoms with E-state index in [2.05, 4.69) is 4.99 Å². The number of carboxylic acids is 1. The number of carboxylic acid groups (broad SMARTS) is 1. The predicted molar refractivity (Wildman–Crippen MR) is 65.1 cm³/mol. The van der Waals surface area contributed by atoms with E-state index in [4.69, 9.17) is 31.8 Å². The number of aliphatic imine (C=N–C) groups is 1. The molecule has 20 heavy (non-hydrogen) atoms. The van der Waals surface area contributed by atoms with Crippen molar-refractivity contribution in [3.63, 3.8) is 0 Å². The van der Waals surface area contributed by atoms with Gasteiger partial charge in [0.1, 0.15) is 0 Å². The van der Waals surface area contributed by atoms with Gasteiger partial charge >= 0.3 is 17.9 Å². The molecule has 10 heteroatoms. The van der Waals surface area contributed by atoms with E-state index in [-0.39, 0.29) is 31.8 Å². The Morgan fingerprint density at radius 2 is 1.95 bits per heavy atom. The smallest absolute Gasteiger partial charge is 0.367 e. The van der Waals surface area contributed by atoms with Crippen LogP contribution in [0, 0.1) is 0 Å². The number of esters is 2. The average molecular weight is 288 g/mol. The van der Waals surface area contributed by atoms with Gasteiger partial charge in [-0.3, -0.25) is 20.3 Å². The van der Waals surface area contributed by atoms with Crippen molar-refractivity contribution >= 4 is 23.9 Å². The molecular weight excluding hydrogens is 272 g/mol. The SMILES string of the molecule is NC(N)=NCCC1OC(=O)CCC(=O)OC1(N)C(=O)O. The normalized spacial score (nSPS) is 26.8. The summed E-state index contributed by atoms with van der Waals surface area (Å²) in [5, 5.41) is 9.12. The number of carbonyl (C=O) groups excluding carboxylic acids is 2. The molecule has 0 aromatic heterocycles. The zero-order valence-corrected chi connectivity index (χ0v) is 10.6. The molecule has 0 radical (unpaired) electrons. The summed E-state index contributed by atoms with van der Waals surface area (Å²) in [5.41, 5.74) is 13.3. The van der Waals surface area contributed by atoms with Gasteiger partial charge in [0.15, 0.2) is 12.1 Å². The molecule has 1 fully saturated rings. The summed E-state index contributed by atoms with van der Waals surface area (Å²) in [5.74, 6) is -3.47. The zero-order chi connectivity index (χ0) is 15.3. The van der Waals surface area contributed by atoms with Crippen LogP contribution in [0.1, 0.15) is 19.3 Å². The van der Waals surface area contributed by atoms with E-state index < -0.39 is 29.7 Å². The number of guanidine groups is 1. The molecule has 0 spiro atoms. The van der Waals surface area contributed by atoms with E-state index in [0.29, 0.717) is 0 Å². The Kier molecular flexibility index (Phi) is 4.86. The van der Waals surface area contributed by atoms with Crippen molar-refractivity contribution in [3.8, 4) is 0 Å². The van der Waals surface area contributed by atoms with Crippen LogP contribution in [0.25, 0.3) is 0 Å². The molecule has 7 N–H and O–H groups in total. The van der Waals surface area contributed by atoms with Crippen LogP contribution in [0.15, 0.2) is 4.99 Å². The molecule has 1 heterocycles. The van der Waals surface area contributed by atoms with Crippen LogP contribution in [-0.2, 0) is 23.9 Å². The van der Waals surface area contributed by atoms with E-state index in [1.54, 1.807) is 0 Å². The first-order valence-corrected chi connectivity index (χ1v) is 5.74. The van der Waals surface area contributed by atoms with Crippen molar-refractivity contribution < 1.29 is 29.0 Å². The highest BCUT2D eigenvalue weighted by Crippen LogP contribution is 2.22. The van der Waals surface area contributed by atoms with Crippen LogP contribution in [0.2, 0.25) is 0 Å². The lowest BCUT2D eigenvalue weighted by atomic mass is 10.0. The summed E-state index contributed by atoms with van der Waals surface area (Å²) in [6, 6.07) is 0. The Labute approximate surface area is 113 Å². The molecule has 0 amide bonds. The topological polar surface area (TPSA) is 180 Å². The third-order valence-corrected chi connectivity index (χ3v) is 2.59. The van der Waals surface area contributed by atoms with Gasteiger partial charge in [0, 0.05) is 13.0 Å². The van der Waals surface area contributed by atoms with Gasteiger partial charge in [-0.1, -0.05) is 0 Å². The fraction of sp³-hybridized carbons (Fsp3) is 0.600. The average Bonchev–Trinajstić information content (AvgIpc) is 2.33. The molecule has 2 unspecified atom stereocenters. The summed E-state index contributed by atoms with van der Waals surface area (Å²) in [6.45, 7) is -0.0376. The molecule has 1 aliphatic rings. The number of nitrogens with two attached hydrogens (primary N) is 3. The van der Waals surface area contributed by atoms with E-state index in [1.807, 2.05) is 0 Å². The van der Waals surface area contributed by atoms with E-state index in [1.165, 1.54) is 0 Å². The maximum absolute atomic E-state index is 11.4. The Morgan fingerprint density at radius 3 is 2.50 bits per heavy atom. The second-order valence-electron chi connectivity index (χ2n) is 4.15. The summed E-state index contributed by atoms with van der Waals surface area (Å²) in [7, 11) is 0. The first-order valence-electron chi connectivity index (χ1n) is 5.74. The molecule has 0 aliphatic carbocycles. The number of nitrogens with zero attached hydrogens (tertiary/aromatic N) is 1. The number of ether oxygens (including phenoxy) is 2. The molecule has 0 aromatic carbocycles. The Balaban J connectivity index is 2.96. The monoisotopic (exact) mass is 288 g/mol. The lowest BCUT2D eigenvalue weighted by molar-refractivity contribution is -0.204. The molecule has 1 rings (SSSR count). The second kappa shape index (κ2) is 6.19. The number of hydrogen-bond donors (Lipinski definition) is 4. The van der Waals surface area contributed by atoms with Crippen LogP contribution in [0.3, 0.4) is 0 Å². The number of aliphatic carboxylic acids is 1. The van der Waals surface area contributed by atoms with Crippen LogP contribution in [-0.4, -0.2) is 47.3 Å². The molecule has 2 atom stereocenters. The predicted octanol–water partition coefficient (Wildman–Crippen LogP) is -2.36. The van der Waals surface area contributed by atoms with Crippen LogP contribution >= 0.6 is 0 Å². The van der Waals surface area contributed by atoms with Crippen LogP contribution in [0.5, 0.6) is 0 Å². The fourth-order valence-electron chi connectivity index (χ4n) is 1.58. The first kappa shape index (κ1) is 15.7. The van der Waals surface area contributed by atoms with Gasteiger partial charge in [0.2, 0.25) is 0 Å². The molecular formula is C10H16N4O6. The van der Waals surface area contributed by atoms with Gasteiger partial charge in [0.05, 0.1) is 12.8 Å². The largest absolute Gasteiger partial charge is 0.477 e. The Morgan fingerprint density at radius 1 is 1.35 bits per heavy atom. The molecule has 0 aromatic rings. The van der Waals surface area contributed by atoms with Gasteiger partial charge in [-0.05, 0) is 0 Å². The van der Waals surface area contributed by atoms with Gasteiger partial charge in [0.25, 0.3) is 5.72 Å². The summed E-state index contributed by atoms with van der Waals surface area (Å²) in [4.78, 5) is 37.7. The minimum atomic E-state index is -2.47. The number of cyclic esters (lactones) is 2. The summed E-state index contributed by atoms with van der Waals surface area (Å²) < 4.78 is 9.64. The highest BCUT2D eigenvalue weighted by molar-refractivity contribution is 5.85. The van der Waals surface area contributed by atoms with Crippen LogP contribution < -0.4 is 17.2 Å². The minimum absolute atomic E-state index is 0.0376. The van der Waals surface area contributed by atoms with E-state index >= 15 is 0 Å². The van der Waals surface area contributed by atoms with Gasteiger partial charge in [-0.25, -0.2) is 4.79 Å². The number of rotatable bonds is 4. The number of carbonyl (C=O) groups is 3. The third-order valence-electron chi connectivity index (χ3n) is 2.59. The summed E-state index contributed by atoms with van der Waals surface area (Å²) in [6.07, 6.45) is -2.02. The van der Waals surface area contributed by atoms with Gasteiger partial charge in [-0.2, -0.15) is 0 Å². The quantitative estimate of drug-likeness (QED) is 0.250. The van der Waals surface area contributed by atoms with Crippen molar-refractivity contribution in [1.82, 2.24) is 0 Å². The maximum Gasteiger partial charge on any atom is 0.367 e. The highest BCUT2D eigenvalue weighted by atomic mass is 16.6. The van der Waals surface area contributed by atoms with Crippen molar-refractivity contribution in [2.24, 2.45) is 22.2 Å². The lowest BCUT2D eigenvalue weighted by Gasteiger charge is -2.33. The summed E-state index contributed by atoms with van der Waals surface area (Å²) >= 11 is 0. The second-order valence-corrected chi connectivity index (χ2v) is 4.15. The molecule has 1 aliphatic heterocycles. The maximum atomic E-state index is 11.4. The van der Waals surface area contributed by atoms with Crippen molar-refractivity contribution in [3.05, 3.63) is 0 Å². The Hall–Kier alpha value is -2.36. The third kappa shape index (κ3) is 3.82. The molecule has 112 valence electrons. The van der Waals surface area contributed by atoms with E-state index in [9.17, 15) is 14.4 Å². The molecule has 0 bridgehead atoms. The van der Waals surface area contributed by atoms with Gasteiger partial charge in [-0.15, -0.1) is 0 Å². The van der Waals surface area contributed by atoms with Crippen molar-refractivity contribution in [1.29, 1.82) is 0 Å². The highest BCUT2D eigenvalue weighted by Gasteiger charge is 2.49. The first-order chi connectivity index (χ1) is 9.25. The Bertz CT molecular complexity index is 447. The standard InChI is InChI=1S/C10H16N4O6/c11-9(12)14-4-3-5-10(13,8(17)18)20-7(16)2-1-6(15)19-5/h5H,1-4,13H2,(H,17,18)(H4,11,12,14). The van der Waals surface area contributed by atoms with Crippen molar-refractivity contribution in [2.45, 2.75) is 31.1 Å². The van der Waals surface area contributed by atoms with Gasteiger partial charge < -0.3 is 26.0 Å². The fourth-order valence-corrected chi connectivity index (χ4v) is 1.58. The molecule has 1 saturated heterocycles. The zero-order valence-electron chi connectivity index (χ0n) is 10.6.